The molecule has 1 heterocycles. The van der Waals surface area contributed by atoms with Gasteiger partial charge in [0.25, 0.3) is 0 Å². The summed E-state index contributed by atoms with van der Waals surface area (Å²) in [5.41, 5.74) is 16.8. The molecule has 4 rings (SSSR count). The first-order valence-electron chi connectivity index (χ1n) is 7.61. The minimum atomic E-state index is 0. The van der Waals surface area contributed by atoms with Crippen molar-refractivity contribution < 1.29 is 21.5 Å². The average molecular weight is 380 g/mol. The molecular formula is C20H18BrN3. The fourth-order valence-electron chi connectivity index (χ4n) is 3.27. The summed E-state index contributed by atoms with van der Waals surface area (Å²) < 4.78 is 2.16. The molecule has 0 radical (unpaired) electrons. The van der Waals surface area contributed by atoms with E-state index in [9.17, 15) is 0 Å². The van der Waals surface area contributed by atoms with E-state index in [0.717, 1.165) is 11.1 Å². The lowest BCUT2D eigenvalue weighted by atomic mass is 9.95. The van der Waals surface area contributed by atoms with Crippen LogP contribution >= 0.6 is 0 Å². The van der Waals surface area contributed by atoms with Crippen LogP contribution in [0.5, 0.6) is 0 Å². The van der Waals surface area contributed by atoms with Gasteiger partial charge in [-0.25, -0.2) is 4.57 Å². The van der Waals surface area contributed by atoms with Crippen LogP contribution in [0.15, 0.2) is 66.9 Å². The Bertz CT molecular complexity index is 1060. The number of halogens is 1. The molecule has 0 unspecified atom stereocenters. The van der Waals surface area contributed by atoms with Crippen molar-refractivity contribution in [2.24, 2.45) is 7.05 Å². The smallest absolute Gasteiger partial charge is 0.213 e. The van der Waals surface area contributed by atoms with Gasteiger partial charge in [0.1, 0.15) is 7.05 Å². The van der Waals surface area contributed by atoms with Crippen molar-refractivity contribution in [3.63, 3.8) is 0 Å². The number of para-hydroxylation sites is 1. The molecule has 0 aliphatic rings. The van der Waals surface area contributed by atoms with E-state index < -0.39 is 0 Å². The average Bonchev–Trinajstić information content (AvgIpc) is 2.57. The Morgan fingerprint density at radius 3 is 2.33 bits per heavy atom. The van der Waals surface area contributed by atoms with Gasteiger partial charge in [0.2, 0.25) is 5.52 Å². The van der Waals surface area contributed by atoms with Crippen LogP contribution in [0.4, 0.5) is 11.4 Å². The zero-order chi connectivity index (χ0) is 16.0. The van der Waals surface area contributed by atoms with Crippen molar-refractivity contribution in [2.45, 2.75) is 0 Å². The molecular weight excluding hydrogens is 362 g/mol. The van der Waals surface area contributed by atoms with Crippen LogP contribution in [0.3, 0.4) is 0 Å². The second-order valence-corrected chi connectivity index (χ2v) is 5.84. The summed E-state index contributed by atoms with van der Waals surface area (Å²) in [7, 11) is 2.07. The molecule has 3 aromatic carbocycles. The molecule has 0 bridgehead atoms. The van der Waals surface area contributed by atoms with E-state index >= 15 is 0 Å². The summed E-state index contributed by atoms with van der Waals surface area (Å²) >= 11 is 0. The number of nitrogens with two attached hydrogens (primary N) is 2. The Labute approximate surface area is 151 Å². The van der Waals surface area contributed by atoms with Gasteiger partial charge in [0.15, 0.2) is 6.20 Å². The number of pyridine rings is 1. The lowest BCUT2D eigenvalue weighted by Gasteiger charge is -2.12. The van der Waals surface area contributed by atoms with Gasteiger partial charge in [-0.3, -0.25) is 0 Å². The standard InChI is InChI=1S/C20H17N3.BrH/c1-23-12-13-6-2-3-7-14(13)19-15(8-5-11-18(19)23)16-9-4-10-17(21)20(16)22;/h2-12,22H,21H2,1H3;1H. The number of aryl methyl sites for hydroxylation is 1. The third-order valence-electron chi connectivity index (χ3n) is 4.42. The largest absolute Gasteiger partial charge is 1.00 e. The van der Waals surface area contributed by atoms with Crippen molar-refractivity contribution in [3.05, 3.63) is 66.9 Å². The van der Waals surface area contributed by atoms with Crippen molar-refractivity contribution >= 4 is 33.1 Å². The number of nitrogens with zero attached hydrogens (tertiary/aromatic N) is 1. The summed E-state index contributed by atoms with van der Waals surface area (Å²) in [6.07, 6.45) is 2.16. The maximum absolute atomic E-state index is 6.26. The van der Waals surface area contributed by atoms with E-state index in [2.05, 4.69) is 60.3 Å². The highest BCUT2D eigenvalue weighted by Crippen LogP contribution is 2.37. The fraction of sp³-hybridized carbons (Fsp3) is 0.0500. The van der Waals surface area contributed by atoms with Crippen LogP contribution < -0.4 is 33.0 Å². The predicted molar refractivity (Wildman–Crippen MR) is 96.9 cm³/mol. The lowest BCUT2D eigenvalue weighted by Crippen LogP contribution is -3.00. The highest BCUT2D eigenvalue weighted by Gasteiger charge is 2.16. The molecule has 0 saturated heterocycles. The number of nitrogen functional groups attached to an aromatic ring is 2. The third-order valence-corrected chi connectivity index (χ3v) is 4.42. The highest BCUT2D eigenvalue weighted by molar-refractivity contribution is 6.12. The molecule has 4 heteroatoms. The number of hydrogen-bond acceptors (Lipinski definition) is 2. The van der Waals surface area contributed by atoms with E-state index in [0.29, 0.717) is 11.4 Å². The van der Waals surface area contributed by atoms with Gasteiger partial charge in [-0.05, 0) is 17.7 Å². The topological polar surface area (TPSA) is 55.9 Å². The Morgan fingerprint density at radius 1 is 0.792 bits per heavy atom. The van der Waals surface area contributed by atoms with Crippen molar-refractivity contribution in [1.29, 1.82) is 0 Å². The van der Waals surface area contributed by atoms with Gasteiger partial charge in [0.05, 0.1) is 16.8 Å². The summed E-state index contributed by atoms with van der Waals surface area (Å²) in [4.78, 5) is 0. The number of rotatable bonds is 1. The molecule has 0 aliphatic carbocycles. The number of anilines is 2. The summed E-state index contributed by atoms with van der Waals surface area (Å²) in [5, 5.41) is 3.63. The van der Waals surface area contributed by atoms with Crippen LogP contribution in [0, 0.1) is 0 Å². The van der Waals surface area contributed by atoms with Crippen LogP contribution in [0.1, 0.15) is 0 Å². The van der Waals surface area contributed by atoms with Crippen LogP contribution in [0.2, 0.25) is 0 Å². The van der Waals surface area contributed by atoms with Crippen LogP contribution in [-0.2, 0) is 7.05 Å². The summed E-state index contributed by atoms with van der Waals surface area (Å²) in [6.45, 7) is 0. The van der Waals surface area contributed by atoms with Crippen LogP contribution in [-0.4, -0.2) is 0 Å². The van der Waals surface area contributed by atoms with Gasteiger partial charge in [-0.2, -0.15) is 0 Å². The molecule has 0 fully saturated rings. The SMILES string of the molecule is C[n+]1cc2ccccc2c2c(-c3cccc(N)c3N)cccc21.[Br-]. The molecule has 24 heavy (non-hydrogen) atoms. The van der Waals surface area contributed by atoms with Gasteiger partial charge >= 0.3 is 0 Å². The number of hydrogen-bond donors (Lipinski definition) is 2. The minimum Gasteiger partial charge on any atom is -1.00 e. The molecule has 3 nitrogen and oxygen atoms in total. The molecule has 0 spiro atoms. The van der Waals surface area contributed by atoms with Crippen molar-refractivity contribution in [3.8, 4) is 11.1 Å². The maximum Gasteiger partial charge on any atom is 0.213 e. The molecule has 120 valence electrons. The van der Waals surface area contributed by atoms with E-state index in [1.54, 1.807) is 0 Å². The second kappa shape index (κ2) is 6.13. The highest BCUT2D eigenvalue weighted by atomic mass is 79.9. The van der Waals surface area contributed by atoms with Gasteiger partial charge in [-0.1, -0.05) is 42.5 Å². The third kappa shape index (κ3) is 2.39. The molecule has 4 aromatic rings. The zero-order valence-electron chi connectivity index (χ0n) is 13.3. The number of aromatic nitrogens is 1. The van der Waals surface area contributed by atoms with Gasteiger partial charge < -0.3 is 28.4 Å². The maximum atomic E-state index is 6.26. The minimum absolute atomic E-state index is 0. The number of benzene rings is 3. The first-order valence-corrected chi connectivity index (χ1v) is 7.61. The van der Waals surface area contributed by atoms with Crippen molar-refractivity contribution in [1.82, 2.24) is 0 Å². The van der Waals surface area contributed by atoms with E-state index in [4.69, 9.17) is 11.5 Å². The second-order valence-electron chi connectivity index (χ2n) is 5.84. The molecule has 4 N–H and O–H groups in total. The Hall–Kier alpha value is -2.59. The fourth-order valence-corrected chi connectivity index (χ4v) is 3.27. The van der Waals surface area contributed by atoms with Crippen molar-refractivity contribution in [2.75, 3.05) is 11.5 Å². The van der Waals surface area contributed by atoms with Gasteiger partial charge in [0, 0.05) is 22.4 Å². The van der Waals surface area contributed by atoms with Gasteiger partial charge in [-0.15, -0.1) is 0 Å². The zero-order valence-corrected chi connectivity index (χ0v) is 14.9. The Morgan fingerprint density at radius 2 is 1.50 bits per heavy atom. The molecule has 1 aromatic heterocycles. The lowest BCUT2D eigenvalue weighted by molar-refractivity contribution is -0.643. The van der Waals surface area contributed by atoms with E-state index in [-0.39, 0.29) is 17.0 Å². The predicted octanol–water partition coefficient (Wildman–Crippen LogP) is 0.653. The van der Waals surface area contributed by atoms with Crippen LogP contribution in [0.25, 0.3) is 32.8 Å². The monoisotopic (exact) mass is 379 g/mol. The van der Waals surface area contributed by atoms with E-state index in [1.165, 1.54) is 21.7 Å². The summed E-state index contributed by atoms with van der Waals surface area (Å²) in [5.74, 6) is 0. The Kier molecular flexibility index (Phi) is 4.16. The number of fused-ring (bicyclic) bond motifs is 3. The Balaban J connectivity index is 0.00000169. The first-order chi connectivity index (χ1) is 11.2. The summed E-state index contributed by atoms with van der Waals surface area (Å²) in [6, 6.07) is 20.5. The molecule has 0 atom stereocenters. The molecule has 0 aliphatic heterocycles. The normalized spacial score (nSPS) is 10.7. The first kappa shape index (κ1) is 16.3. The van der Waals surface area contributed by atoms with E-state index in [1.807, 2.05) is 18.2 Å². The molecule has 0 amide bonds. The molecule has 0 saturated carbocycles. The quantitative estimate of drug-likeness (QED) is 0.290.